The van der Waals surface area contributed by atoms with Crippen molar-refractivity contribution < 1.29 is 19.4 Å². The van der Waals surface area contributed by atoms with Gasteiger partial charge in [0.25, 0.3) is 5.91 Å². The average molecular weight is 283 g/mol. The molecular formula is C15H25NO4. The molecule has 20 heavy (non-hydrogen) atoms. The first-order chi connectivity index (χ1) is 9.56. The second-order valence-electron chi connectivity index (χ2n) is 6.14. The summed E-state index contributed by atoms with van der Waals surface area (Å²) < 4.78 is 5.63. The Balaban J connectivity index is 1.74. The molecule has 1 amide bonds. The van der Waals surface area contributed by atoms with Crippen LogP contribution >= 0.6 is 0 Å². The molecule has 0 unspecified atom stereocenters. The Morgan fingerprint density at radius 3 is 2.70 bits per heavy atom. The summed E-state index contributed by atoms with van der Waals surface area (Å²) in [7, 11) is 0. The molecule has 2 fully saturated rings. The van der Waals surface area contributed by atoms with E-state index in [1.807, 2.05) is 11.8 Å². The molecule has 5 heteroatoms. The van der Waals surface area contributed by atoms with E-state index in [0.29, 0.717) is 31.4 Å². The van der Waals surface area contributed by atoms with Gasteiger partial charge in [0.2, 0.25) is 0 Å². The van der Waals surface area contributed by atoms with Crippen molar-refractivity contribution in [3.05, 3.63) is 0 Å². The van der Waals surface area contributed by atoms with Crippen LogP contribution in [0.5, 0.6) is 0 Å². The number of carbonyl (C=O) groups is 2. The second kappa shape index (κ2) is 7.07. The first-order valence-electron chi connectivity index (χ1n) is 7.68. The van der Waals surface area contributed by atoms with E-state index in [0.717, 1.165) is 19.4 Å². The van der Waals surface area contributed by atoms with Gasteiger partial charge in [-0.2, -0.15) is 0 Å². The number of nitrogens with zero attached hydrogens (tertiary/aromatic N) is 1. The lowest BCUT2D eigenvalue weighted by atomic mass is 9.93. The molecule has 0 radical (unpaired) electrons. The summed E-state index contributed by atoms with van der Waals surface area (Å²) in [5, 5.41) is 8.73. The largest absolute Gasteiger partial charge is 0.481 e. The molecule has 0 spiro atoms. The number of ether oxygens (including phenoxy) is 1. The van der Waals surface area contributed by atoms with E-state index in [-0.39, 0.29) is 18.4 Å². The van der Waals surface area contributed by atoms with Crippen molar-refractivity contribution in [3.63, 3.8) is 0 Å². The minimum absolute atomic E-state index is 0.0608. The van der Waals surface area contributed by atoms with Gasteiger partial charge in [-0.25, -0.2) is 0 Å². The third-order valence-corrected chi connectivity index (χ3v) is 4.22. The lowest BCUT2D eigenvalue weighted by Crippen LogP contribution is -2.45. The number of carbonyl (C=O) groups excluding carboxylic acids is 1. The molecule has 0 aromatic carbocycles. The van der Waals surface area contributed by atoms with Crippen molar-refractivity contribution in [3.8, 4) is 0 Å². The molecule has 0 aromatic rings. The predicted molar refractivity (Wildman–Crippen MR) is 74.3 cm³/mol. The summed E-state index contributed by atoms with van der Waals surface area (Å²) >= 11 is 0. The normalized spacial score (nSPS) is 24.4. The second-order valence-corrected chi connectivity index (χ2v) is 6.14. The van der Waals surface area contributed by atoms with Crippen molar-refractivity contribution in [2.45, 2.75) is 51.6 Å². The van der Waals surface area contributed by atoms with Gasteiger partial charge in [-0.1, -0.05) is 0 Å². The lowest BCUT2D eigenvalue weighted by Gasteiger charge is -2.34. The number of carboxylic acids is 1. The van der Waals surface area contributed by atoms with Crippen LogP contribution < -0.4 is 0 Å². The molecule has 0 aromatic heterocycles. The summed E-state index contributed by atoms with van der Waals surface area (Å²) in [5.41, 5.74) is 0. The first-order valence-corrected chi connectivity index (χ1v) is 7.68. The predicted octanol–water partition coefficient (Wildman–Crippen LogP) is 1.90. The zero-order valence-electron chi connectivity index (χ0n) is 12.2. The number of piperidine rings is 1. The zero-order chi connectivity index (χ0) is 14.5. The van der Waals surface area contributed by atoms with Crippen molar-refractivity contribution in [1.82, 2.24) is 4.90 Å². The van der Waals surface area contributed by atoms with Gasteiger partial charge in [0, 0.05) is 19.5 Å². The van der Waals surface area contributed by atoms with Crippen molar-refractivity contribution in [2.24, 2.45) is 11.8 Å². The van der Waals surface area contributed by atoms with Crippen LogP contribution in [0.1, 0.15) is 45.4 Å². The maximum absolute atomic E-state index is 12.3. The Labute approximate surface area is 120 Å². The van der Waals surface area contributed by atoms with E-state index in [2.05, 4.69) is 0 Å². The van der Waals surface area contributed by atoms with E-state index < -0.39 is 5.97 Å². The average Bonchev–Trinajstić information content (AvgIpc) is 3.26. The fraction of sp³-hybridized carbons (Fsp3) is 0.867. The van der Waals surface area contributed by atoms with E-state index in [4.69, 9.17) is 9.84 Å². The number of hydrogen-bond donors (Lipinski definition) is 1. The number of carboxylic acid groups (broad SMARTS) is 1. The Hall–Kier alpha value is -1.10. The van der Waals surface area contributed by atoms with Gasteiger partial charge in [0.1, 0.15) is 6.10 Å². The Morgan fingerprint density at radius 1 is 1.30 bits per heavy atom. The van der Waals surface area contributed by atoms with Crippen molar-refractivity contribution in [1.29, 1.82) is 0 Å². The standard InChI is InChI=1S/C15H25NO4/c1-11(20-10-13-4-5-13)15(19)16-8-2-3-12(9-16)6-7-14(17)18/h11-13H,2-10H2,1H3,(H,17,18)/t11-,12-/m1/s1. The number of hydrogen-bond acceptors (Lipinski definition) is 3. The maximum Gasteiger partial charge on any atom is 0.303 e. The summed E-state index contributed by atoms with van der Waals surface area (Å²) in [6, 6.07) is 0. The van der Waals surface area contributed by atoms with Crippen molar-refractivity contribution >= 4 is 11.9 Å². The molecule has 0 bridgehead atoms. The highest BCUT2D eigenvalue weighted by molar-refractivity contribution is 5.80. The fourth-order valence-corrected chi connectivity index (χ4v) is 2.72. The number of likely N-dealkylation sites (tertiary alicyclic amines) is 1. The van der Waals surface area contributed by atoms with Crippen LogP contribution in [-0.2, 0) is 14.3 Å². The molecular weight excluding hydrogens is 258 g/mol. The zero-order valence-corrected chi connectivity index (χ0v) is 12.2. The SMILES string of the molecule is C[C@@H](OCC1CC1)C(=O)N1CCC[C@H](CCC(=O)O)C1. The lowest BCUT2D eigenvalue weighted by molar-refractivity contribution is -0.144. The molecule has 1 aliphatic carbocycles. The molecule has 1 saturated carbocycles. The van der Waals surface area contributed by atoms with Gasteiger partial charge < -0.3 is 14.7 Å². The van der Waals surface area contributed by atoms with Gasteiger partial charge in [-0.05, 0) is 50.9 Å². The topological polar surface area (TPSA) is 66.8 Å². The molecule has 2 aliphatic rings. The van der Waals surface area contributed by atoms with Crippen molar-refractivity contribution in [2.75, 3.05) is 19.7 Å². The summed E-state index contributed by atoms with van der Waals surface area (Å²) in [4.78, 5) is 24.8. The molecule has 1 aliphatic heterocycles. The van der Waals surface area contributed by atoms with Crippen LogP contribution in [0, 0.1) is 11.8 Å². The third kappa shape index (κ3) is 4.78. The molecule has 114 valence electrons. The Morgan fingerprint density at radius 2 is 2.05 bits per heavy atom. The first kappa shape index (κ1) is 15.3. The van der Waals surface area contributed by atoms with Gasteiger partial charge >= 0.3 is 5.97 Å². The highest BCUT2D eigenvalue weighted by Crippen LogP contribution is 2.29. The highest BCUT2D eigenvalue weighted by atomic mass is 16.5. The van der Waals surface area contributed by atoms with E-state index in [1.54, 1.807) is 0 Å². The van der Waals surface area contributed by atoms with E-state index in [9.17, 15) is 9.59 Å². The summed E-state index contributed by atoms with van der Waals surface area (Å²) in [6.07, 6.45) is 4.93. The van der Waals surface area contributed by atoms with Gasteiger partial charge in [-0.3, -0.25) is 9.59 Å². The van der Waals surface area contributed by atoms with Crippen LogP contribution in [-0.4, -0.2) is 47.7 Å². The number of aliphatic carboxylic acids is 1. The van der Waals surface area contributed by atoms with Crippen LogP contribution in [0.2, 0.25) is 0 Å². The van der Waals surface area contributed by atoms with E-state index in [1.165, 1.54) is 12.8 Å². The molecule has 2 atom stereocenters. The smallest absolute Gasteiger partial charge is 0.303 e. The Bertz CT molecular complexity index is 354. The quantitative estimate of drug-likeness (QED) is 0.775. The Kier molecular flexibility index (Phi) is 5.40. The molecule has 1 heterocycles. The number of rotatable bonds is 7. The van der Waals surface area contributed by atoms with Gasteiger partial charge in [0.15, 0.2) is 0 Å². The van der Waals surface area contributed by atoms with Crippen LogP contribution in [0.25, 0.3) is 0 Å². The fourth-order valence-electron chi connectivity index (χ4n) is 2.72. The third-order valence-electron chi connectivity index (χ3n) is 4.22. The molecule has 1 N–H and O–H groups in total. The summed E-state index contributed by atoms with van der Waals surface area (Å²) in [5.74, 6) is 0.287. The highest BCUT2D eigenvalue weighted by Gasteiger charge is 2.29. The number of amides is 1. The monoisotopic (exact) mass is 283 g/mol. The van der Waals surface area contributed by atoms with Crippen LogP contribution in [0.4, 0.5) is 0 Å². The minimum atomic E-state index is -0.755. The maximum atomic E-state index is 12.3. The minimum Gasteiger partial charge on any atom is -0.481 e. The molecule has 5 nitrogen and oxygen atoms in total. The van der Waals surface area contributed by atoms with Gasteiger partial charge in [0.05, 0.1) is 6.61 Å². The van der Waals surface area contributed by atoms with Gasteiger partial charge in [-0.15, -0.1) is 0 Å². The van der Waals surface area contributed by atoms with Crippen LogP contribution in [0.3, 0.4) is 0 Å². The van der Waals surface area contributed by atoms with Crippen LogP contribution in [0.15, 0.2) is 0 Å². The van der Waals surface area contributed by atoms with E-state index >= 15 is 0 Å². The molecule has 2 rings (SSSR count). The molecule has 1 saturated heterocycles. The summed E-state index contributed by atoms with van der Waals surface area (Å²) in [6.45, 7) is 3.98.